The molecule has 0 aliphatic carbocycles. The summed E-state index contributed by atoms with van der Waals surface area (Å²) in [6.07, 6.45) is -5.14. The van der Waals surface area contributed by atoms with Gasteiger partial charge < -0.3 is 11.1 Å². The molecule has 0 bridgehead atoms. The molecule has 0 aliphatic heterocycles. The maximum atomic E-state index is 13.7. The number of amides is 1. The largest absolute Gasteiger partial charge is 0.435 e. The number of nitrogens with one attached hydrogen (secondary N) is 1. The molecule has 0 aliphatic rings. The van der Waals surface area contributed by atoms with Gasteiger partial charge in [0, 0.05) is 0 Å². The third-order valence-electron chi connectivity index (χ3n) is 3.04. The van der Waals surface area contributed by atoms with Crippen LogP contribution in [0.15, 0.2) is 24.3 Å². The third kappa shape index (κ3) is 4.64. The number of aromatic nitrogens is 3. The number of benzene rings is 1. The molecule has 0 fully saturated rings. The maximum Gasteiger partial charge on any atom is 0.435 e. The van der Waals surface area contributed by atoms with Crippen molar-refractivity contribution in [2.24, 2.45) is 5.73 Å². The van der Waals surface area contributed by atoms with Gasteiger partial charge in [-0.05, 0) is 12.1 Å². The fraction of sp³-hybridized carbons (Fsp3) is 0.308. The van der Waals surface area contributed by atoms with Gasteiger partial charge in [0.05, 0.1) is 13.1 Å². The fourth-order valence-electron chi connectivity index (χ4n) is 1.85. The zero-order valence-electron chi connectivity index (χ0n) is 12.7. The lowest BCUT2D eigenvalue weighted by Crippen LogP contribution is -2.42. The van der Waals surface area contributed by atoms with Gasteiger partial charge in [-0.15, -0.1) is 17.5 Å². The molecule has 26 heavy (non-hydrogen) atoms. The number of hydrogen-bond acceptors (Lipinski definition) is 4. The van der Waals surface area contributed by atoms with Gasteiger partial charge in [-0.3, -0.25) is 4.79 Å². The van der Waals surface area contributed by atoms with Crippen LogP contribution in [0.2, 0.25) is 0 Å². The van der Waals surface area contributed by atoms with Crippen LogP contribution in [0.5, 0.6) is 0 Å². The lowest BCUT2D eigenvalue weighted by molar-refractivity contribution is -0.143. The second-order valence-corrected chi connectivity index (χ2v) is 4.89. The number of nitrogens with zero attached hydrogens (tertiary/aromatic N) is 3. The summed E-state index contributed by atoms with van der Waals surface area (Å²) in [5.41, 5.74) is 1.22. The molecule has 0 radical (unpaired) electrons. The van der Waals surface area contributed by atoms with Gasteiger partial charge in [0.1, 0.15) is 11.5 Å². The topological polar surface area (TPSA) is 85.8 Å². The summed E-state index contributed by atoms with van der Waals surface area (Å²) in [4.78, 5) is 11.8. The van der Waals surface area contributed by atoms with E-state index in [4.69, 9.17) is 5.73 Å². The van der Waals surface area contributed by atoms with Crippen LogP contribution in [-0.4, -0.2) is 39.9 Å². The van der Waals surface area contributed by atoms with E-state index in [1.54, 1.807) is 5.32 Å². The van der Waals surface area contributed by atoms with Crippen molar-refractivity contribution in [2.75, 3.05) is 13.1 Å². The number of halogens is 7. The number of para-hydroxylation sites is 1. The smallest absolute Gasteiger partial charge is 0.344 e. The van der Waals surface area contributed by atoms with Crippen LogP contribution in [0.1, 0.15) is 16.2 Å². The van der Waals surface area contributed by atoms with Gasteiger partial charge in [0.25, 0.3) is 11.8 Å². The van der Waals surface area contributed by atoms with E-state index in [-0.39, 0.29) is 17.1 Å². The minimum Gasteiger partial charge on any atom is -0.344 e. The van der Waals surface area contributed by atoms with Crippen molar-refractivity contribution in [3.8, 4) is 5.69 Å². The molecule has 6 nitrogen and oxygen atoms in total. The second kappa shape index (κ2) is 7.91. The molecule has 1 heterocycles. The Labute approximate surface area is 148 Å². The predicted octanol–water partition coefficient (Wildman–Crippen LogP) is 2.17. The quantitative estimate of drug-likeness (QED) is 0.749. The van der Waals surface area contributed by atoms with E-state index in [1.165, 1.54) is 12.1 Å². The van der Waals surface area contributed by atoms with E-state index in [2.05, 4.69) is 10.3 Å². The van der Waals surface area contributed by atoms with Crippen molar-refractivity contribution in [1.82, 2.24) is 20.3 Å². The van der Waals surface area contributed by atoms with E-state index in [0.29, 0.717) is 0 Å². The highest BCUT2D eigenvalue weighted by molar-refractivity contribution is 5.93. The van der Waals surface area contributed by atoms with Crippen molar-refractivity contribution in [2.45, 2.75) is 12.1 Å². The summed E-state index contributed by atoms with van der Waals surface area (Å²) in [6, 6.07) is 4.37. The van der Waals surface area contributed by atoms with Gasteiger partial charge in [-0.1, -0.05) is 17.3 Å². The normalized spacial score (nSPS) is 11.8. The first-order valence-corrected chi connectivity index (χ1v) is 6.71. The molecule has 1 aromatic heterocycles. The molecule has 0 spiro atoms. The lowest BCUT2D eigenvalue weighted by Gasteiger charge is -2.15. The van der Waals surface area contributed by atoms with Crippen LogP contribution in [0.4, 0.5) is 26.3 Å². The molecule has 2 aromatic rings. The lowest BCUT2D eigenvalue weighted by atomic mass is 10.2. The van der Waals surface area contributed by atoms with Gasteiger partial charge in [0.2, 0.25) is 0 Å². The van der Waals surface area contributed by atoms with Crippen molar-refractivity contribution >= 4 is 18.3 Å². The van der Waals surface area contributed by atoms with Crippen molar-refractivity contribution in [3.63, 3.8) is 0 Å². The minimum atomic E-state index is -5.14. The Morgan fingerprint density at radius 3 is 2.35 bits per heavy atom. The summed E-state index contributed by atoms with van der Waals surface area (Å²) in [7, 11) is 0. The summed E-state index contributed by atoms with van der Waals surface area (Å²) in [6.45, 7) is -2.40. The number of carbonyl (C=O) groups excluding carboxylic acids is 1. The number of alkyl halides is 5. The van der Waals surface area contributed by atoms with E-state index in [1.807, 2.05) is 0 Å². The first kappa shape index (κ1) is 21.7. The monoisotopic (exact) mass is 403 g/mol. The Balaban J connectivity index is 0.00000338. The minimum absolute atomic E-state index is 0. The molecule has 1 amide bonds. The van der Waals surface area contributed by atoms with Crippen LogP contribution in [0.3, 0.4) is 0 Å². The van der Waals surface area contributed by atoms with Crippen molar-refractivity contribution in [1.29, 1.82) is 0 Å². The van der Waals surface area contributed by atoms with Crippen molar-refractivity contribution in [3.05, 3.63) is 41.5 Å². The number of carbonyl (C=O) groups is 1. The summed E-state index contributed by atoms with van der Waals surface area (Å²) in [5.74, 6) is -6.09. The molecule has 0 saturated heterocycles. The Morgan fingerprint density at radius 2 is 1.81 bits per heavy atom. The standard InChI is InChI=1S/C13H11F6N5O.ClH/c14-7-3-1-2-4-8(7)24-10(13(17,18)19)9(22-23-24)11(25)21-6-12(15,16)5-20;/h1-4H,5-6,20H2,(H,21,25);1H. The average molecular weight is 404 g/mol. The van der Waals surface area contributed by atoms with Crippen LogP contribution in [0, 0.1) is 5.82 Å². The highest BCUT2D eigenvalue weighted by Crippen LogP contribution is 2.33. The molecule has 0 saturated carbocycles. The Hall–Kier alpha value is -2.34. The molecule has 2 rings (SSSR count). The van der Waals surface area contributed by atoms with Crippen LogP contribution in [0.25, 0.3) is 5.69 Å². The van der Waals surface area contributed by atoms with E-state index in [9.17, 15) is 31.1 Å². The molecule has 144 valence electrons. The van der Waals surface area contributed by atoms with Gasteiger partial charge in [0.15, 0.2) is 11.4 Å². The van der Waals surface area contributed by atoms with E-state index in [0.717, 1.165) is 12.1 Å². The number of rotatable bonds is 5. The molecule has 3 N–H and O–H groups in total. The second-order valence-electron chi connectivity index (χ2n) is 4.89. The Morgan fingerprint density at radius 1 is 1.19 bits per heavy atom. The maximum absolute atomic E-state index is 13.7. The molecular formula is C13H12ClF6N5O. The van der Waals surface area contributed by atoms with Crippen LogP contribution >= 0.6 is 12.4 Å². The third-order valence-corrected chi connectivity index (χ3v) is 3.04. The number of hydrogen-bond donors (Lipinski definition) is 2. The highest BCUT2D eigenvalue weighted by Gasteiger charge is 2.42. The summed E-state index contributed by atoms with van der Waals surface area (Å²) >= 11 is 0. The Bertz CT molecular complexity index is 779. The molecule has 1 aromatic carbocycles. The van der Waals surface area contributed by atoms with E-state index >= 15 is 0 Å². The molecular weight excluding hydrogens is 392 g/mol. The van der Waals surface area contributed by atoms with Crippen LogP contribution in [-0.2, 0) is 6.18 Å². The zero-order chi connectivity index (χ0) is 18.8. The SMILES string of the molecule is Cl.NCC(F)(F)CNC(=O)c1nnn(-c2ccccc2F)c1C(F)(F)F. The Kier molecular flexibility index (Phi) is 6.60. The number of nitrogens with two attached hydrogens (primary N) is 1. The molecule has 0 atom stereocenters. The van der Waals surface area contributed by atoms with Crippen LogP contribution < -0.4 is 11.1 Å². The first-order chi connectivity index (χ1) is 11.6. The predicted molar refractivity (Wildman–Crippen MR) is 79.9 cm³/mol. The van der Waals surface area contributed by atoms with Gasteiger partial charge in [-0.25, -0.2) is 17.9 Å². The van der Waals surface area contributed by atoms with Gasteiger partial charge >= 0.3 is 6.18 Å². The first-order valence-electron chi connectivity index (χ1n) is 6.71. The average Bonchev–Trinajstić information content (AvgIpc) is 2.98. The summed E-state index contributed by atoms with van der Waals surface area (Å²) < 4.78 is 79.8. The molecule has 13 heteroatoms. The highest BCUT2D eigenvalue weighted by atomic mass is 35.5. The van der Waals surface area contributed by atoms with E-state index < -0.39 is 54.0 Å². The van der Waals surface area contributed by atoms with Gasteiger partial charge in [-0.2, -0.15) is 13.2 Å². The fourth-order valence-corrected chi connectivity index (χ4v) is 1.85. The zero-order valence-corrected chi connectivity index (χ0v) is 13.5. The van der Waals surface area contributed by atoms with Crippen molar-refractivity contribution < 1.29 is 31.1 Å². The summed E-state index contributed by atoms with van der Waals surface area (Å²) in [5, 5.41) is 7.80. The molecule has 0 unspecified atom stereocenters.